The Morgan fingerprint density at radius 1 is 0.667 bits per heavy atom. The van der Waals surface area contributed by atoms with Gasteiger partial charge in [-0.3, -0.25) is 10.1 Å². The molecule has 0 spiro atoms. The molecule has 39 heavy (non-hydrogen) atoms. The van der Waals surface area contributed by atoms with Gasteiger partial charge in [0.1, 0.15) is 33.9 Å². The highest BCUT2D eigenvalue weighted by molar-refractivity contribution is 5.92. The Balaban J connectivity index is 0. The van der Waals surface area contributed by atoms with Crippen molar-refractivity contribution < 1.29 is 60.2 Å². The number of nitrogens with two attached hydrogens (primary N) is 1. The van der Waals surface area contributed by atoms with Crippen molar-refractivity contribution in [2.24, 2.45) is 0 Å². The molecule has 3 aromatic rings. The third-order valence-electron chi connectivity index (χ3n) is 3.81. The predicted molar refractivity (Wildman–Crippen MR) is 132 cm³/mol. The summed E-state index contributed by atoms with van der Waals surface area (Å²) >= 11 is 0. The molecule has 3 rings (SSSR count). The van der Waals surface area contributed by atoms with Gasteiger partial charge in [-0.25, -0.2) is 14.4 Å². The SMILES string of the molecule is Cl.Nc1ccc(O)c(C(=O)O)c1.O=C(O)c1cc([N+](=O)[O-])ccc1O.O=C(O)c1ccccc1O.O=[N+]([O-])O. The highest BCUT2D eigenvalue weighted by Crippen LogP contribution is 2.22. The number of hydrogen-bond acceptors (Lipinski definition) is 11. The lowest BCUT2D eigenvalue weighted by atomic mass is 10.2. The van der Waals surface area contributed by atoms with Gasteiger partial charge in [-0.2, -0.15) is 0 Å². The number of nitrogen functional groups attached to an aromatic ring is 1. The topological polar surface area (TPSA) is 305 Å². The third kappa shape index (κ3) is 13.2. The van der Waals surface area contributed by atoms with E-state index in [1.54, 1.807) is 12.1 Å². The molecule has 17 nitrogen and oxygen atoms in total. The van der Waals surface area contributed by atoms with E-state index in [0.717, 1.165) is 18.2 Å². The summed E-state index contributed by atoms with van der Waals surface area (Å²) in [6, 6.07) is 12.5. The fourth-order valence-electron chi connectivity index (χ4n) is 2.19. The molecule has 0 atom stereocenters. The van der Waals surface area contributed by atoms with Crippen LogP contribution in [0.2, 0.25) is 0 Å². The van der Waals surface area contributed by atoms with Gasteiger partial charge < -0.3 is 41.6 Å². The van der Waals surface area contributed by atoms with Gasteiger partial charge in [-0.15, -0.1) is 22.5 Å². The van der Waals surface area contributed by atoms with Crippen molar-refractivity contribution in [3.8, 4) is 17.2 Å². The van der Waals surface area contributed by atoms with Gasteiger partial charge in [-0.1, -0.05) is 12.1 Å². The third-order valence-corrected chi connectivity index (χ3v) is 3.81. The zero-order valence-electron chi connectivity index (χ0n) is 19.1. The molecule has 0 radical (unpaired) electrons. The summed E-state index contributed by atoms with van der Waals surface area (Å²) in [5.41, 5.74) is 4.52. The smallest absolute Gasteiger partial charge is 0.339 e. The normalized spacial score (nSPS) is 8.82. The molecule has 0 bridgehead atoms. The van der Waals surface area contributed by atoms with E-state index < -0.39 is 39.2 Å². The molecule has 3 aromatic carbocycles. The summed E-state index contributed by atoms with van der Waals surface area (Å²) in [4.78, 5) is 48.9. The van der Waals surface area contributed by atoms with Crippen LogP contribution in [-0.2, 0) is 0 Å². The number of non-ortho nitro benzene ring substituents is 1. The standard InChI is InChI=1S/C7H5NO5.C7H7NO3.C7H6O3.ClH.HNO3/c9-6-2-1-4(8(12)13)3-5(6)7(10)11;8-4-1-2-6(9)5(3-4)7(10)11;8-6-4-2-1-3-5(6)7(9)10;;2-1(3)4/h1-3,9H,(H,10,11);1-3,9H,8H2,(H,10,11);1-4,8H,(H,9,10);1H;(H,2,3,4). The lowest BCUT2D eigenvalue weighted by Gasteiger charge is -1.98. The number of rotatable bonds is 4. The Hall–Kier alpha value is -5.84. The highest BCUT2D eigenvalue weighted by Gasteiger charge is 2.15. The molecule has 0 unspecified atom stereocenters. The molecule has 0 saturated carbocycles. The van der Waals surface area contributed by atoms with Crippen molar-refractivity contribution in [1.82, 2.24) is 0 Å². The number of anilines is 1. The number of aromatic hydroxyl groups is 3. The van der Waals surface area contributed by atoms with E-state index in [-0.39, 0.29) is 40.7 Å². The van der Waals surface area contributed by atoms with Gasteiger partial charge in [0.25, 0.3) is 10.8 Å². The minimum Gasteiger partial charge on any atom is -0.507 e. The number of phenols is 3. The molecule has 0 heterocycles. The number of para-hydroxylation sites is 1. The first kappa shape index (κ1) is 35.3. The van der Waals surface area contributed by atoms with Gasteiger partial charge in [0.05, 0.1) is 4.92 Å². The van der Waals surface area contributed by atoms with Crippen LogP contribution in [0.25, 0.3) is 0 Å². The maximum atomic E-state index is 10.4. The average Bonchev–Trinajstić information content (AvgIpc) is 2.81. The van der Waals surface area contributed by atoms with E-state index in [9.17, 15) is 24.5 Å². The number of halogens is 1. The van der Waals surface area contributed by atoms with Crippen molar-refractivity contribution in [3.63, 3.8) is 0 Å². The first-order valence-corrected chi connectivity index (χ1v) is 9.45. The number of carboxylic acids is 3. The lowest BCUT2D eigenvalue weighted by molar-refractivity contribution is -0.742. The summed E-state index contributed by atoms with van der Waals surface area (Å²) in [6.07, 6.45) is 0. The molecule has 0 aromatic heterocycles. The Morgan fingerprint density at radius 3 is 1.41 bits per heavy atom. The maximum absolute atomic E-state index is 10.4. The summed E-state index contributed by atoms with van der Waals surface area (Å²) in [5, 5.41) is 76.1. The molecular weight excluding hydrogens is 554 g/mol. The van der Waals surface area contributed by atoms with Crippen LogP contribution in [0.4, 0.5) is 11.4 Å². The molecule has 0 amide bonds. The van der Waals surface area contributed by atoms with Gasteiger partial charge in [0, 0.05) is 17.8 Å². The number of carboxylic acid groups (broad SMARTS) is 3. The Bertz CT molecular complexity index is 1330. The van der Waals surface area contributed by atoms with Gasteiger partial charge >= 0.3 is 17.9 Å². The lowest BCUT2D eigenvalue weighted by Crippen LogP contribution is -1.98. The molecule has 0 aliphatic heterocycles. The van der Waals surface area contributed by atoms with Crippen molar-refractivity contribution in [2.45, 2.75) is 0 Å². The van der Waals surface area contributed by atoms with Crippen molar-refractivity contribution >= 4 is 41.7 Å². The number of nitro groups is 1. The van der Waals surface area contributed by atoms with Crippen LogP contribution in [0.15, 0.2) is 60.7 Å². The Morgan fingerprint density at radius 2 is 1.05 bits per heavy atom. The minimum atomic E-state index is -1.50. The fraction of sp³-hybridized carbons (Fsp3) is 0. The number of benzene rings is 3. The van der Waals surface area contributed by atoms with E-state index in [0.29, 0.717) is 5.69 Å². The van der Waals surface area contributed by atoms with Crippen LogP contribution in [-0.4, -0.2) is 63.8 Å². The van der Waals surface area contributed by atoms with Crippen molar-refractivity contribution in [1.29, 1.82) is 0 Å². The predicted octanol–water partition coefficient (Wildman–Crippen LogP) is 2.84. The minimum absolute atomic E-state index is 0. The summed E-state index contributed by atoms with van der Waals surface area (Å²) in [5.74, 6) is -4.66. The van der Waals surface area contributed by atoms with Crippen LogP contribution in [0.5, 0.6) is 17.2 Å². The summed E-state index contributed by atoms with van der Waals surface area (Å²) in [6.45, 7) is 0. The molecule has 18 heteroatoms. The van der Waals surface area contributed by atoms with Crippen LogP contribution in [0.1, 0.15) is 31.1 Å². The van der Waals surface area contributed by atoms with Gasteiger partial charge in [0.15, 0.2) is 0 Å². The number of aromatic carboxylic acids is 3. The number of nitro benzene ring substituents is 1. The number of nitrogens with zero attached hydrogens (tertiary/aromatic N) is 2. The number of carbonyl (C=O) groups is 3. The maximum Gasteiger partial charge on any atom is 0.339 e. The second kappa shape index (κ2) is 16.8. The first-order chi connectivity index (χ1) is 17.6. The molecule has 0 aliphatic rings. The van der Waals surface area contributed by atoms with Gasteiger partial charge in [-0.05, 0) is 36.4 Å². The molecular formula is C21H20ClN3O14. The van der Waals surface area contributed by atoms with Crippen LogP contribution in [0, 0.1) is 20.2 Å². The summed E-state index contributed by atoms with van der Waals surface area (Å²) < 4.78 is 0. The number of hydrogen-bond donors (Lipinski definition) is 8. The quantitative estimate of drug-likeness (QED) is 0.0961. The zero-order chi connectivity index (χ0) is 29.6. The summed E-state index contributed by atoms with van der Waals surface area (Å²) in [7, 11) is 0. The molecule has 9 N–H and O–H groups in total. The van der Waals surface area contributed by atoms with E-state index >= 15 is 0 Å². The fourth-order valence-corrected chi connectivity index (χ4v) is 2.19. The van der Waals surface area contributed by atoms with E-state index in [1.807, 2.05) is 0 Å². The molecule has 0 fully saturated rings. The first-order valence-electron chi connectivity index (χ1n) is 9.45. The Labute approximate surface area is 222 Å². The van der Waals surface area contributed by atoms with Gasteiger partial charge in [0.2, 0.25) is 0 Å². The van der Waals surface area contributed by atoms with E-state index in [2.05, 4.69) is 0 Å². The van der Waals surface area contributed by atoms with E-state index in [1.165, 1.54) is 30.3 Å². The zero-order valence-corrected chi connectivity index (χ0v) is 20.0. The molecule has 0 saturated heterocycles. The second-order valence-electron chi connectivity index (χ2n) is 6.41. The van der Waals surface area contributed by atoms with Crippen LogP contribution < -0.4 is 5.73 Å². The molecule has 210 valence electrons. The Kier molecular flexibility index (Phi) is 15.2. The molecule has 0 aliphatic carbocycles. The largest absolute Gasteiger partial charge is 0.507 e. The van der Waals surface area contributed by atoms with E-state index in [4.69, 9.17) is 51.7 Å². The second-order valence-corrected chi connectivity index (χ2v) is 6.41. The van der Waals surface area contributed by atoms with Crippen LogP contribution >= 0.6 is 12.4 Å². The monoisotopic (exact) mass is 573 g/mol. The van der Waals surface area contributed by atoms with Crippen molar-refractivity contribution in [2.75, 3.05) is 5.73 Å². The average molecular weight is 574 g/mol. The highest BCUT2D eigenvalue weighted by atomic mass is 35.5. The van der Waals surface area contributed by atoms with Crippen molar-refractivity contribution in [3.05, 3.63) is 97.6 Å². The van der Waals surface area contributed by atoms with Crippen LogP contribution in [0.3, 0.4) is 0 Å².